The number of pyridine rings is 1. The monoisotopic (exact) mass is 415 g/mol. The molecule has 2 aliphatic rings. The summed E-state index contributed by atoms with van der Waals surface area (Å²) in [6, 6.07) is 4.68. The molecular weight excluding hydrogens is 393 g/mol. The SMILES string of the molecule is O=c1c(N=CI)cccn1C1CCC(N2CCOCC2)CC1. The molecule has 1 aliphatic heterocycles. The molecule has 120 valence electrons. The van der Waals surface area contributed by atoms with Crippen molar-refractivity contribution in [2.45, 2.75) is 37.8 Å². The topological polar surface area (TPSA) is 46.8 Å². The first-order valence-electron chi connectivity index (χ1n) is 7.95. The van der Waals surface area contributed by atoms with E-state index in [2.05, 4.69) is 9.89 Å². The van der Waals surface area contributed by atoms with Gasteiger partial charge >= 0.3 is 0 Å². The number of hydrogen-bond donors (Lipinski definition) is 0. The zero-order valence-electron chi connectivity index (χ0n) is 12.7. The fraction of sp³-hybridized carbons (Fsp3) is 0.625. The van der Waals surface area contributed by atoms with E-state index in [4.69, 9.17) is 4.74 Å². The van der Waals surface area contributed by atoms with Crippen LogP contribution in [0.5, 0.6) is 0 Å². The molecule has 0 unspecified atom stereocenters. The van der Waals surface area contributed by atoms with Gasteiger partial charge in [-0.05, 0) is 60.4 Å². The number of morpholine rings is 1. The van der Waals surface area contributed by atoms with Gasteiger partial charge in [-0.15, -0.1) is 0 Å². The molecule has 1 aromatic heterocycles. The molecule has 1 aromatic rings. The lowest BCUT2D eigenvalue weighted by atomic mass is 9.89. The van der Waals surface area contributed by atoms with Crippen LogP contribution in [-0.4, -0.2) is 46.0 Å². The van der Waals surface area contributed by atoms with Gasteiger partial charge < -0.3 is 9.30 Å². The van der Waals surface area contributed by atoms with Crippen LogP contribution in [0.1, 0.15) is 31.7 Å². The number of nitrogens with zero attached hydrogens (tertiary/aromatic N) is 3. The zero-order chi connectivity index (χ0) is 15.4. The summed E-state index contributed by atoms with van der Waals surface area (Å²) in [7, 11) is 0. The minimum atomic E-state index is 0.0326. The van der Waals surface area contributed by atoms with Crippen LogP contribution < -0.4 is 5.56 Å². The van der Waals surface area contributed by atoms with Crippen LogP contribution in [0.3, 0.4) is 0 Å². The first-order valence-corrected chi connectivity index (χ1v) is 9.20. The predicted molar refractivity (Wildman–Crippen MR) is 96.6 cm³/mol. The van der Waals surface area contributed by atoms with Gasteiger partial charge in [0.05, 0.1) is 17.4 Å². The van der Waals surface area contributed by atoms with Gasteiger partial charge in [-0.3, -0.25) is 9.69 Å². The molecule has 2 fully saturated rings. The third kappa shape index (κ3) is 3.60. The number of ether oxygens (including phenoxy) is 1. The van der Waals surface area contributed by atoms with Crippen molar-refractivity contribution in [3.8, 4) is 0 Å². The van der Waals surface area contributed by atoms with Gasteiger partial charge in [0.2, 0.25) is 0 Å². The molecule has 1 saturated carbocycles. The van der Waals surface area contributed by atoms with Crippen LogP contribution in [-0.2, 0) is 4.74 Å². The van der Waals surface area contributed by atoms with Crippen molar-refractivity contribution in [3.05, 3.63) is 28.7 Å². The number of aliphatic imine (C=N–C) groups is 1. The van der Waals surface area contributed by atoms with Crippen LogP contribution in [0, 0.1) is 0 Å². The maximum absolute atomic E-state index is 12.5. The largest absolute Gasteiger partial charge is 0.379 e. The highest BCUT2D eigenvalue weighted by molar-refractivity contribution is 14.1. The van der Waals surface area contributed by atoms with Crippen molar-refractivity contribution >= 4 is 32.5 Å². The Kier molecular flexibility index (Phi) is 5.65. The lowest BCUT2D eigenvalue weighted by Crippen LogP contribution is -2.45. The van der Waals surface area contributed by atoms with Crippen LogP contribution >= 0.6 is 22.6 Å². The second-order valence-electron chi connectivity index (χ2n) is 5.94. The summed E-state index contributed by atoms with van der Waals surface area (Å²) in [6.45, 7) is 3.82. The van der Waals surface area contributed by atoms with E-state index in [1.165, 1.54) is 0 Å². The summed E-state index contributed by atoms with van der Waals surface area (Å²) in [5, 5.41) is 0. The average molecular weight is 415 g/mol. The Labute approximate surface area is 144 Å². The molecule has 0 spiro atoms. The van der Waals surface area contributed by atoms with Crippen LogP contribution in [0.4, 0.5) is 5.69 Å². The molecule has 0 N–H and O–H groups in total. The molecule has 0 atom stereocenters. The van der Waals surface area contributed by atoms with E-state index in [0.717, 1.165) is 52.0 Å². The van der Waals surface area contributed by atoms with E-state index in [0.29, 0.717) is 17.8 Å². The van der Waals surface area contributed by atoms with E-state index >= 15 is 0 Å². The van der Waals surface area contributed by atoms with E-state index in [1.807, 2.05) is 39.4 Å². The van der Waals surface area contributed by atoms with E-state index in [-0.39, 0.29) is 5.56 Å². The maximum atomic E-state index is 12.5. The summed E-state index contributed by atoms with van der Waals surface area (Å²) in [5.74, 6) is 0. The first-order chi connectivity index (χ1) is 10.8. The maximum Gasteiger partial charge on any atom is 0.276 e. The van der Waals surface area contributed by atoms with Crippen molar-refractivity contribution in [2.75, 3.05) is 26.3 Å². The van der Waals surface area contributed by atoms with Gasteiger partial charge in [0.1, 0.15) is 5.69 Å². The molecule has 0 aromatic carbocycles. The Hall–Kier alpha value is -0.730. The number of rotatable bonds is 3. The predicted octanol–water partition coefficient (Wildman–Crippen LogP) is 2.76. The highest BCUT2D eigenvalue weighted by atomic mass is 127. The van der Waals surface area contributed by atoms with Crippen molar-refractivity contribution < 1.29 is 4.74 Å². The first kappa shape index (κ1) is 16.1. The van der Waals surface area contributed by atoms with Gasteiger partial charge in [-0.25, -0.2) is 4.99 Å². The Balaban J connectivity index is 1.66. The highest BCUT2D eigenvalue weighted by Crippen LogP contribution is 2.30. The quantitative estimate of drug-likeness (QED) is 0.564. The minimum absolute atomic E-state index is 0.0326. The number of aromatic nitrogens is 1. The molecule has 3 rings (SSSR count). The highest BCUT2D eigenvalue weighted by Gasteiger charge is 2.28. The Morgan fingerprint density at radius 1 is 1.18 bits per heavy atom. The second-order valence-corrected chi connectivity index (χ2v) is 6.50. The number of halogens is 1. The molecule has 0 bridgehead atoms. The van der Waals surface area contributed by atoms with Crippen molar-refractivity contribution in [2.24, 2.45) is 4.99 Å². The Bertz CT molecular complexity index is 573. The van der Waals surface area contributed by atoms with Crippen LogP contribution in [0.15, 0.2) is 28.1 Å². The van der Waals surface area contributed by atoms with Crippen LogP contribution in [0.2, 0.25) is 0 Å². The lowest BCUT2D eigenvalue weighted by Gasteiger charge is -2.39. The third-order valence-corrected chi connectivity index (χ3v) is 5.04. The Morgan fingerprint density at radius 3 is 2.55 bits per heavy atom. The lowest BCUT2D eigenvalue weighted by molar-refractivity contribution is 0.00535. The average Bonchev–Trinajstić information content (AvgIpc) is 2.58. The molecule has 5 nitrogen and oxygen atoms in total. The van der Waals surface area contributed by atoms with E-state index in [1.54, 1.807) is 10.3 Å². The number of hydrogen-bond acceptors (Lipinski definition) is 4. The molecule has 2 heterocycles. The zero-order valence-corrected chi connectivity index (χ0v) is 14.8. The van der Waals surface area contributed by atoms with Gasteiger partial charge in [0, 0.05) is 31.4 Å². The van der Waals surface area contributed by atoms with E-state index in [9.17, 15) is 4.79 Å². The normalized spacial score (nSPS) is 27.3. The Morgan fingerprint density at radius 2 is 1.86 bits per heavy atom. The van der Waals surface area contributed by atoms with Gasteiger partial charge in [-0.2, -0.15) is 0 Å². The fourth-order valence-electron chi connectivity index (χ4n) is 3.58. The fourth-order valence-corrected chi connectivity index (χ4v) is 3.88. The molecular formula is C16H22IN3O2. The second kappa shape index (κ2) is 7.70. The van der Waals surface area contributed by atoms with Crippen molar-refractivity contribution in [3.63, 3.8) is 0 Å². The van der Waals surface area contributed by atoms with Crippen LogP contribution in [0.25, 0.3) is 0 Å². The minimum Gasteiger partial charge on any atom is -0.379 e. The summed E-state index contributed by atoms with van der Waals surface area (Å²) in [5.41, 5.74) is 0.567. The van der Waals surface area contributed by atoms with Crippen molar-refractivity contribution in [1.82, 2.24) is 9.47 Å². The molecule has 1 saturated heterocycles. The molecule has 22 heavy (non-hydrogen) atoms. The standard InChI is InChI=1S/C16H22IN3O2/c17-12-18-15-2-1-7-20(16(15)21)14-5-3-13(4-6-14)19-8-10-22-11-9-19/h1-2,7,12-14H,3-6,8-11H2. The molecule has 0 radical (unpaired) electrons. The molecule has 1 aliphatic carbocycles. The molecule has 0 amide bonds. The summed E-state index contributed by atoms with van der Waals surface area (Å²) < 4.78 is 8.96. The van der Waals surface area contributed by atoms with E-state index < -0.39 is 0 Å². The summed E-state index contributed by atoms with van der Waals surface area (Å²) in [6.07, 6.45) is 6.38. The third-order valence-electron chi connectivity index (χ3n) is 4.76. The summed E-state index contributed by atoms with van der Waals surface area (Å²) in [4.78, 5) is 19.2. The summed E-state index contributed by atoms with van der Waals surface area (Å²) >= 11 is 2.05. The van der Waals surface area contributed by atoms with Gasteiger partial charge in [-0.1, -0.05) is 0 Å². The smallest absolute Gasteiger partial charge is 0.276 e. The molecule has 6 heteroatoms. The van der Waals surface area contributed by atoms with Crippen molar-refractivity contribution in [1.29, 1.82) is 0 Å². The van der Waals surface area contributed by atoms with Gasteiger partial charge in [0.25, 0.3) is 5.56 Å². The van der Waals surface area contributed by atoms with Gasteiger partial charge in [0.15, 0.2) is 0 Å².